The molecule has 1 aliphatic heterocycles. The first-order valence-corrected chi connectivity index (χ1v) is 8.51. The smallest absolute Gasteiger partial charge is 0.337 e. The predicted molar refractivity (Wildman–Crippen MR) is 92.1 cm³/mol. The van der Waals surface area contributed by atoms with Crippen molar-refractivity contribution in [2.24, 2.45) is 0 Å². The largest absolute Gasteiger partial charge is 0.465 e. The maximum atomic E-state index is 12.3. The van der Waals surface area contributed by atoms with Crippen LogP contribution in [0.15, 0.2) is 23.0 Å². The summed E-state index contributed by atoms with van der Waals surface area (Å²) in [6.45, 7) is 2.70. The molecule has 1 saturated heterocycles. The fraction of sp³-hybridized carbons (Fsp3) is 0.500. The fourth-order valence-corrected chi connectivity index (χ4v) is 3.19. The van der Waals surface area contributed by atoms with E-state index >= 15 is 0 Å². The molecule has 1 fully saturated rings. The second-order valence-electron chi connectivity index (χ2n) is 6.28. The quantitative estimate of drug-likeness (QED) is 0.876. The van der Waals surface area contributed by atoms with E-state index in [-0.39, 0.29) is 5.56 Å². The minimum Gasteiger partial charge on any atom is -0.465 e. The van der Waals surface area contributed by atoms with E-state index in [1.807, 2.05) is 0 Å². The minimum absolute atomic E-state index is 0.168. The SMILES string of the molecule is COC(=O)c1ccc2c(=O)[nH]c(CN3CCCCCCC3)nc2c1. The Hall–Kier alpha value is -2.21. The van der Waals surface area contributed by atoms with Gasteiger partial charge in [0.15, 0.2) is 0 Å². The van der Waals surface area contributed by atoms with E-state index in [0.717, 1.165) is 13.1 Å². The van der Waals surface area contributed by atoms with Crippen LogP contribution >= 0.6 is 0 Å². The third-order valence-corrected chi connectivity index (χ3v) is 4.50. The van der Waals surface area contributed by atoms with Crippen molar-refractivity contribution in [3.63, 3.8) is 0 Å². The Bertz CT molecular complexity index is 777. The van der Waals surface area contributed by atoms with Crippen LogP contribution in [-0.4, -0.2) is 41.0 Å². The summed E-state index contributed by atoms with van der Waals surface area (Å²) in [4.78, 5) is 33.7. The van der Waals surface area contributed by atoms with Crippen LogP contribution in [-0.2, 0) is 11.3 Å². The first-order chi connectivity index (χ1) is 11.7. The van der Waals surface area contributed by atoms with Crippen LogP contribution in [0, 0.1) is 0 Å². The Morgan fingerprint density at radius 2 is 1.92 bits per heavy atom. The monoisotopic (exact) mass is 329 g/mol. The molecule has 0 atom stereocenters. The number of carbonyl (C=O) groups excluding carboxylic acids is 1. The number of esters is 1. The van der Waals surface area contributed by atoms with Crippen molar-refractivity contribution in [1.29, 1.82) is 0 Å². The number of hydrogen-bond acceptors (Lipinski definition) is 5. The summed E-state index contributed by atoms with van der Waals surface area (Å²) in [6.07, 6.45) is 6.21. The number of benzene rings is 1. The van der Waals surface area contributed by atoms with Gasteiger partial charge < -0.3 is 9.72 Å². The molecule has 128 valence electrons. The number of likely N-dealkylation sites (tertiary alicyclic amines) is 1. The Balaban J connectivity index is 1.87. The highest BCUT2D eigenvalue weighted by Crippen LogP contribution is 2.14. The molecule has 6 heteroatoms. The van der Waals surface area contributed by atoms with Crippen LogP contribution in [0.25, 0.3) is 10.9 Å². The second kappa shape index (κ2) is 7.57. The molecule has 3 rings (SSSR count). The lowest BCUT2D eigenvalue weighted by Crippen LogP contribution is -2.29. The zero-order valence-electron chi connectivity index (χ0n) is 14.0. The van der Waals surface area contributed by atoms with Crippen LogP contribution in [0.4, 0.5) is 0 Å². The molecule has 0 saturated carbocycles. The summed E-state index contributed by atoms with van der Waals surface area (Å²) in [5, 5.41) is 0.485. The van der Waals surface area contributed by atoms with E-state index in [4.69, 9.17) is 4.74 Å². The van der Waals surface area contributed by atoms with Crippen molar-refractivity contribution in [2.45, 2.75) is 38.6 Å². The van der Waals surface area contributed by atoms with Gasteiger partial charge in [0.1, 0.15) is 5.82 Å². The van der Waals surface area contributed by atoms with Gasteiger partial charge in [0.25, 0.3) is 5.56 Å². The lowest BCUT2D eigenvalue weighted by molar-refractivity contribution is 0.0601. The van der Waals surface area contributed by atoms with E-state index in [9.17, 15) is 9.59 Å². The Labute approximate surface area is 140 Å². The summed E-state index contributed by atoms with van der Waals surface area (Å²) in [5.74, 6) is 0.222. The number of H-pyrrole nitrogens is 1. The summed E-state index contributed by atoms with van der Waals surface area (Å²) < 4.78 is 4.73. The molecule has 24 heavy (non-hydrogen) atoms. The minimum atomic E-state index is -0.427. The Kier molecular flexibility index (Phi) is 5.25. The molecular weight excluding hydrogens is 306 g/mol. The standard InChI is InChI=1S/C18H23N3O3/c1-24-18(23)13-7-8-14-15(11-13)19-16(20-17(14)22)12-21-9-5-3-2-4-6-10-21/h7-8,11H,2-6,9-10,12H2,1H3,(H,19,20,22). The molecule has 1 aromatic heterocycles. The van der Waals surface area contributed by atoms with Gasteiger partial charge in [-0.1, -0.05) is 19.3 Å². The van der Waals surface area contributed by atoms with Gasteiger partial charge >= 0.3 is 5.97 Å². The highest BCUT2D eigenvalue weighted by atomic mass is 16.5. The van der Waals surface area contributed by atoms with Crippen molar-refractivity contribution < 1.29 is 9.53 Å². The summed E-state index contributed by atoms with van der Waals surface area (Å²) >= 11 is 0. The zero-order chi connectivity index (χ0) is 16.9. The molecule has 2 aromatic rings. The lowest BCUT2D eigenvalue weighted by atomic mass is 10.1. The maximum Gasteiger partial charge on any atom is 0.337 e. The molecule has 0 aliphatic carbocycles. The normalized spacial score (nSPS) is 16.5. The molecule has 6 nitrogen and oxygen atoms in total. The van der Waals surface area contributed by atoms with Crippen LogP contribution in [0.2, 0.25) is 0 Å². The number of methoxy groups -OCH3 is 1. The third-order valence-electron chi connectivity index (χ3n) is 4.50. The highest BCUT2D eigenvalue weighted by molar-refractivity contribution is 5.93. The van der Waals surface area contributed by atoms with Gasteiger partial charge in [0.2, 0.25) is 0 Å². The van der Waals surface area contributed by atoms with Crippen LogP contribution in [0.1, 0.15) is 48.3 Å². The first kappa shape index (κ1) is 16.6. The van der Waals surface area contributed by atoms with E-state index < -0.39 is 5.97 Å². The first-order valence-electron chi connectivity index (χ1n) is 8.51. The zero-order valence-corrected chi connectivity index (χ0v) is 14.0. The van der Waals surface area contributed by atoms with E-state index in [1.165, 1.54) is 39.2 Å². The molecule has 2 heterocycles. The molecule has 0 radical (unpaired) electrons. The number of rotatable bonds is 3. The number of nitrogens with zero attached hydrogens (tertiary/aromatic N) is 2. The molecule has 1 N–H and O–H groups in total. The number of aromatic nitrogens is 2. The number of ether oxygens (including phenoxy) is 1. The molecule has 0 amide bonds. The molecule has 0 spiro atoms. The average Bonchev–Trinajstić information content (AvgIpc) is 2.56. The number of carbonyl (C=O) groups is 1. The topological polar surface area (TPSA) is 75.3 Å². The molecule has 1 aliphatic rings. The van der Waals surface area contributed by atoms with Crippen molar-refractivity contribution >= 4 is 16.9 Å². The number of nitrogens with one attached hydrogen (secondary N) is 1. The Morgan fingerprint density at radius 1 is 1.21 bits per heavy atom. The molecule has 0 bridgehead atoms. The average molecular weight is 329 g/mol. The number of fused-ring (bicyclic) bond motifs is 1. The van der Waals surface area contributed by atoms with Gasteiger partial charge in [-0.15, -0.1) is 0 Å². The van der Waals surface area contributed by atoms with E-state index in [1.54, 1.807) is 18.2 Å². The second-order valence-corrected chi connectivity index (χ2v) is 6.28. The molecule has 1 aromatic carbocycles. The van der Waals surface area contributed by atoms with Gasteiger partial charge in [0.05, 0.1) is 30.1 Å². The van der Waals surface area contributed by atoms with Gasteiger partial charge in [0, 0.05) is 0 Å². The van der Waals surface area contributed by atoms with Crippen LogP contribution < -0.4 is 5.56 Å². The van der Waals surface area contributed by atoms with Crippen LogP contribution in [0.5, 0.6) is 0 Å². The van der Waals surface area contributed by atoms with Crippen molar-refractivity contribution in [1.82, 2.24) is 14.9 Å². The van der Waals surface area contributed by atoms with Crippen molar-refractivity contribution in [2.75, 3.05) is 20.2 Å². The van der Waals surface area contributed by atoms with Crippen LogP contribution in [0.3, 0.4) is 0 Å². The maximum absolute atomic E-state index is 12.3. The number of aromatic amines is 1. The third kappa shape index (κ3) is 3.82. The van der Waals surface area contributed by atoms with Gasteiger partial charge in [-0.2, -0.15) is 0 Å². The summed E-state index contributed by atoms with van der Waals surface area (Å²) in [5.41, 5.74) is 0.766. The highest BCUT2D eigenvalue weighted by Gasteiger charge is 2.13. The van der Waals surface area contributed by atoms with Gasteiger partial charge in [-0.25, -0.2) is 9.78 Å². The fourth-order valence-electron chi connectivity index (χ4n) is 3.19. The van der Waals surface area contributed by atoms with Gasteiger partial charge in [-0.05, 0) is 44.1 Å². The Morgan fingerprint density at radius 3 is 2.62 bits per heavy atom. The lowest BCUT2D eigenvalue weighted by Gasteiger charge is -2.23. The van der Waals surface area contributed by atoms with Gasteiger partial charge in [-0.3, -0.25) is 9.69 Å². The van der Waals surface area contributed by atoms with E-state index in [2.05, 4.69) is 14.9 Å². The van der Waals surface area contributed by atoms with Crippen molar-refractivity contribution in [3.05, 3.63) is 39.9 Å². The number of hydrogen-bond donors (Lipinski definition) is 1. The molecular formula is C18H23N3O3. The summed E-state index contributed by atoms with van der Waals surface area (Å²) in [7, 11) is 1.34. The molecule has 0 unspecified atom stereocenters. The van der Waals surface area contributed by atoms with E-state index in [0.29, 0.717) is 28.8 Å². The summed E-state index contributed by atoms with van der Waals surface area (Å²) in [6, 6.07) is 4.82. The van der Waals surface area contributed by atoms with Crippen molar-refractivity contribution in [3.8, 4) is 0 Å². The predicted octanol–water partition coefficient (Wildman–Crippen LogP) is 2.48.